The third kappa shape index (κ3) is 2.41. The van der Waals surface area contributed by atoms with Crippen LogP contribution in [0.2, 0.25) is 0 Å². The van der Waals surface area contributed by atoms with Gasteiger partial charge in [0.05, 0.1) is 24.6 Å². The fourth-order valence-electron chi connectivity index (χ4n) is 2.41. The number of halogens is 1. The SMILES string of the molecule is C/C=C1/CC[C@@H](c2c(C)cnn2C)OC[C@H]1F. The van der Waals surface area contributed by atoms with Crippen LogP contribution in [-0.4, -0.2) is 22.6 Å². The molecule has 0 aliphatic carbocycles. The van der Waals surface area contributed by atoms with Gasteiger partial charge in [0.15, 0.2) is 0 Å². The summed E-state index contributed by atoms with van der Waals surface area (Å²) in [6.45, 7) is 4.05. The Morgan fingerprint density at radius 2 is 2.35 bits per heavy atom. The number of rotatable bonds is 1. The van der Waals surface area contributed by atoms with Crippen LogP contribution in [0.15, 0.2) is 17.8 Å². The van der Waals surface area contributed by atoms with Crippen molar-refractivity contribution in [2.75, 3.05) is 6.61 Å². The van der Waals surface area contributed by atoms with Gasteiger partial charge in [-0.05, 0) is 37.8 Å². The Labute approximate surface area is 101 Å². The average Bonchev–Trinajstić information content (AvgIpc) is 2.54. The molecule has 0 aromatic carbocycles. The van der Waals surface area contributed by atoms with Crippen molar-refractivity contribution in [1.82, 2.24) is 9.78 Å². The van der Waals surface area contributed by atoms with Crippen molar-refractivity contribution in [3.63, 3.8) is 0 Å². The van der Waals surface area contributed by atoms with Gasteiger partial charge in [-0.2, -0.15) is 5.10 Å². The van der Waals surface area contributed by atoms with E-state index >= 15 is 0 Å². The molecule has 0 N–H and O–H groups in total. The smallest absolute Gasteiger partial charge is 0.144 e. The Morgan fingerprint density at radius 3 is 2.94 bits per heavy atom. The molecule has 1 aromatic rings. The predicted molar refractivity (Wildman–Crippen MR) is 64.5 cm³/mol. The summed E-state index contributed by atoms with van der Waals surface area (Å²) in [4.78, 5) is 0. The van der Waals surface area contributed by atoms with E-state index in [9.17, 15) is 4.39 Å². The van der Waals surface area contributed by atoms with E-state index in [0.29, 0.717) is 0 Å². The summed E-state index contributed by atoms with van der Waals surface area (Å²) in [6, 6.07) is 0. The van der Waals surface area contributed by atoms with Gasteiger partial charge in [0, 0.05) is 7.05 Å². The minimum atomic E-state index is -0.960. The third-order valence-corrected chi connectivity index (χ3v) is 3.39. The monoisotopic (exact) mass is 238 g/mol. The first-order valence-corrected chi connectivity index (χ1v) is 6.02. The number of hydrogen-bond donors (Lipinski definition) is 0. The maximum absolute atomic E-state index is 13.7. The van der Waals surface area contributed by atoms with E-state index in [1.54, 1.807) is 0 Å². The van der Waals surface area contributed by atoms with Crippen LogP contribution in [-0.2, 0) is 11.8 Å². The molecule has 0 bridgehead atoms. The molecule has 0 radical (unpaired) electrons. The van der Waals surface area contributed by atoms with Crippen LogP contribution in [0.25, 0.3) is 0 Å². The molecule has 1 aliphatic heterocycles. The molecule has 2 rings (SSSR count). The molecular formula is C13H19FN2O. The topological polar surface area (TPSA) is 27.1 Å². The Morgan fingerprint density at radius 1 is 1.59 bits per heavy atom. The summed E-state index contributed by atoms with van der Waals surface area (Å²) >= 11 is 0. The highest BCUT2D eigenvalue weighted by Gasteiger charge is 2.26. The second-order valence-electron chi connectivity index (χ2n) is 4.53. The first-order valence-electron chi connectivity index (χ1n) is 6.02. The number of hydrogen-bond acceptors (Lipinski definition) is 2. The molecule has 1 aromatic heterocycles. The fraction of sp³-hybridized carbons (Fsp3) is 0.615. The summed E-state index contributed by atoms with van der Waals surface area (Å²) in [5, 5.41) is 4.21. The number of aryl methyl sites for hydroxylation is 2. The van der Waals surface area contributed by atoms with E-state index in [2.05, 4.69) is 5.10 Å². The minimum Gasteiger partial charge on any atom is -0.369 e. The van der Waals surface area contributed by atoms with Crippen LogP contribution in [0.5, 0.6) is 0 Å². The Bertz CT molecular complexity index is 406. The second-order valence-corrected chi connectivity index (χ2v) is 4.53. The van der Waals surface area contributed by atoms with E-state index in [1.807, 2.05) is 37.8 Å². The summed E-state index contributed by atoms with van der Waals surface area (Å²) in [7, 11) is 1.90. The van der Waals surface area contributed by atoms with Gasteiger partial charge in [-0.1, -0.05) is 6.08 Å². The third-order valence-electron chi connectivity index (χ3n) is 3.39. The lowest BCUT2D eigenvalue weighted by Gasteiger charge is -2.16. The summed E-state index contributed by atoms with van der Waals surface area (Å²) in [5.41, 5.74) is 3.03. The summed E-state index contributed by atoms with van der Waals surface area (Å²) in [6.07, 6.45) is 4.27. The highest BCUT2D eigenvalue weighted by atomic mass is 19.1. The molecule has 1 aliphatic rings. The van der Waals surface area contributed by atoms with E-state index in [4.69, 9.17) is 4.74 Å². The summed E-state index contributed by atoms with van der Waals surface area (Å²) < 4.78 is 21.2. The Hall–Kier alpha value is -1.16. The molecule has 0 spiro atoms. The quantitative estimate of drug-likeness (QED) is 0.703. The molecule has 1 saturated heterocycles. The number of allylic oxidation sites excluding steroid dienone is 1. The van der Waals surface area contributed by atoms with E-state index < -0.39 is 6.17 Å². The number of alkyl halides is 1. The molecule has 4 heteroatoms. The largest absolute Gasteiger partial charge is 0.369 e. The maximum atomic E-state index is 13.7. The lowest BCUT2D eigenvalue weighted by atomic mass is 10.0. The van der Waals surface area contributed by atoms with Crippen LogP contribution in [0, 0.1) is 6.92 Å². The molecule has 0 amide bonds. The fourth-order valence-corrected chi connectivity index (χ4v) is 2.41. The molecule has 3 nitrogen and oxygen atoms in total. The van der Waals surface area contributed by atoms with Crippen LogP contribution >= 0.6 is 0 Å². The van der Waals surface area contributed by atoms with Crippen molar-refractivity contribution in [2.45, 2.75) is 39.0 Å². The van der Waals surface area contributed by atoms with Crippen LogP contribution < -0.4 is 0 Å². The van der Waals surface area contributed by atoms with Gasteiger partial charge in [0.25, 0.3) is 0 Å². The van der Waals surface area contributed by atoms with Crippen LogP contribution in [0.1, 0.15) is 37.1 Å². The van der Waals surface area contributed by atoms with Gasteiger partial charge in [-0.15, -0.1) is 0 Å². The standard InChI is InChI=1S/C13H19FN2O/c1-4-10-5-6-12(17-8-11(10)14)13-9(2)7-15-16(13)3/h4,7,11-12H,5-6,8H2,1-3H3/b10-4-/t11-,12+/m1/s1. The Balaban J connectivity index is 2.19. The molecule has 0 unspecified atom stereocenters. The molecule has 2 atom stereocenters. The highest BCUT2D eigenvalue weighted by molar-refractivity contribution is 5.20. The molecule has 1 fully saturated rings. The maximum Gasteiger partial charge on any atom is 0.144 e. The van der Waals surface area contributed by atoms with Gasteiger partial charge in [0.1, 0.15) is 6.17 Å². The number of ether oxygens (including phenoxy) is 1. The van der Waals surface area contributed by atoms with Crippen LogP contribution in [0.3, 0.4) is 0 Å². The van der Waals surface area contributed by atoms with Gasteiger partial charge in [0.2, 0.25) is 0 Å². The molecule has 17 heavy (non-hydrogen) atoms. The lowest BCUT2D eigenvalue weighted by Crippen LogP contribution is -2.13. The van der Waals surface area contributed by atoms with Gasteiger partial charge < -0.3 is 4.74 Å². The number of aromatic nitrogens is 2. The second kappa shape index (κ2) is 5.00. The van der Waals surface area contributed by atoms with Crippen molar-refractivity contribution in [3.05, 3.63) is 29.1 Å². The zero-order chi connectivity index (χ0) is 12.4. The van der Waals surface area contributed by atoms with Gasteiger partial charge >= 0.3 is 0 Å². The van der Waals surface area contributed by atoms with Crippen molar-refractivity contribution >= 4 is 0 Å². The van der Waals surface area contributed by atoms with Crippen molar-refractivity contribution in [2.24, 2.45) is 7.05 Å². The predicted octanol–water partition coefficient (Wildman–Crippen LogP) is 2.86. The zero-order valence-corrected chi connectivity index (χ0v) is 10.6. The molecule has 94 valence electrons. The van der Waals surface area contributed by atoms with Crippen molar-refractivity contribution in [1.29, 1.82) is 0 Å². The lowest BCUT2D eigenvalue weighted by molar-refractivity contribution is 0.0293. The van der Waals surface area contributed by atoms with Gasteiger partial charge in [-0.25, -0.2) is 4.39 Å². The van der Waals surface area contributed by atoms with Crippen LogP contribution in [0.4, 0.5) is 4.39 Å². The average molecular weight is 238 g/mol. The summed E-state index contributed by atoms with van der Waals surface area (Å²) in [5.74, 6) is 0. The normalized spacial score (nSPS) is 28.4. The number of nitrogens with zero attached hydrogens (tertiary/aromatic N) is 2. The van der Waals surface area contributed by atoms with E-state index in [-0.39, 0.29) is 12.7 Å². The zero-order valence-electron chi connectivity index (χ0n) is 10.6. The van der Waals surface area contributed by atoms with Crippen molar-refractivity contribution < 1.29 is 9.13 Å². The molecular weight excluding hydrogens is 219 g/mol. The van der Waals surface area contributed by atoms with E-state index in [1.165, 1.54) is 0 Å². The van der Waals surface area contributed by atoms with Crippen molar-refractivity contribution in [3.8, 4) is 0 Å². The minimum absolute atomic E-state index is 0.0433. The first-order chi connectivity index (χ1) is 8.13. The van der Waals surface area contributed by atoms with Gasteiger partial charge in [-0.3, -0.25) is 4.68 Å². The van der Waals surface area contributed by atoms with E-state index in [0.717, 1.165) is 29.7 Å². The molecule has 2 heterocycles. The highest BCUT2D eigenvalue weighted by Crippen LogP contribution is 2.31. The Kier molecular flexibility index (Phi) is 3.62. The molecule has 0 saturated carbocycles. The first kappa shape index (κ1) is 12.3.